The van der Waals surface area contributed by atoms with E-state index in [0.717, 1.165) is 24.9 Å². The van der Waals surface area contributed by atoms with E-state index in [4.69, 9.17) is 12.2 Å². The van der Waals surface area contributed by atoms with Gasteiger partial charge in [-0.2, -0.15) is 0 Å². The first-order chi connectivity index (χ1) is 12.1. The number of anilines is 1. The van der Waals surface area contributed by atoms with Crippen LogP contribution in [0.2, 0.25) is 0 Å². The van der Waals surface area contributed by atoms with Crippen molar-refractivity contribution in [3.05, 3.63) is 70.4 Å². The minimum Gasteiger partial charge on any atom is -0.268 e. The molecular formula is C20H18FNOS2. The minimum absolute atomic E-state index is 0.166. The molecule has 0 spiro atoms. The quantitative estimate of drug-likeness (QED) is 0.506. The van der Waals surface area contributed by atoms with E-state index >= 15 is 0 Å². The normalized spacial score (nSPS) is 16.1. The van der Waals surface area contributed by atoms with Crippen LogP contribution in [0.4, 0.5) is 10.1 Å². The summed E-state index contributed by atoms with van der Waals surface area (Å²) in [5.41, 5.74) is 2.67. The highest BCUT2D eigenvalue weighted by Crippen LogP contribution is 2.36. The largest absolute Gasteiger partial charge is 0.270 e. The predicted octanol–water partition coefficient (Wildman–Crippen LogP) is 5.57. The number of thioether (sulfide) groups is 1. The van der Waals surface area contributed by atoms with Crippen molar-refractivity contribution in [3.8, 4) is 0 Å². The van der Waals surface area contributed by atoms with E-state index in [0.29, 0.717) is 14.8 Å². The molecule has 0 N–H and O–H groups in total. The molecular weight excluding hydrogens is 353 g/mol. The minimum atomic E-state index is -0.327. The highest BCUT2D eigenvalue weighted by atomic mass is 32.2. The van der Waals surface area contributed by atoms with Crippen LogP contribution < -0.4 is 4.90 Å². The molecule has 0 aliphatic carbocycles. The molecule has 0 bridgehead atoms. The lowest BCUT2D eigenvalue weighted by molar-refractivity contribution is -0.113. The molecule has 1 fully saturated rings. The van der Waals surface area contributed by atoms with Crippen molar-refractivity contribution in [2.45, 2.75) is 26.2 Å². The molecule has 1 aliphatic heterocycles. The third kappa shape index (κ3) is 4.17. The van der Waals surface area contributed by atoms with Gasteiger partial charge in [-0.3, -0.25) is 9.69 Å². The number of thiocarbonyl (C=S) groups is 1. The fraction of sp³-hybridized carbons (Fsp3) is 0.200. The molecule has 0 unspecified atom stereocenters. The van der Waals surface area contributed by atoms with Crippen molar-refractivity contribution in [1.82, 2.24) is 0 Å². The molecule has 2 nitrogen and oxygen atoms in total. The van der Waals surface area contributed by atoms with Crippen molar-refractivity contribution in [3.63, 3.8) is 0 Å². The fourth-order valence-corrected chi connectivity index (χ4v) is 3.93. The SMILES string of the molecule is CCCCc1ccc(N2C(=O)/C(=C/c3cccc(F)c3)SC2=S)cc1. The topological polar surface area (TPSA) is 20.3 Å². The van der Waals surface area contributed by atoms with Gasteiger partial charge in [0.05, 0.1) is 10.6 Å². The summed E-state index contributed by atoms with van der Waals surface area (Å²) in [6.07, 6.45) is 5.02. The second-order valence-corrected chi connectivity index (χ2v) is 7.52. The van der Waals surface area contributed by atoms with Crippen LogP contribution in [0, 0.1) is 5.82 Å². The molecule has 1 heterocycles. The lowest BCUT2D eigenvalue weighted by Crippen LogP contribution is -2.27. The number of hydrogen-bond acceptors (Lipinski definition) is 3. The van der Waals surface area contributed by atoms with Crippen molar-refractivity contribution in [2.75, 3.05) is 4.90 Å². The molecule has 0 atom stereocenters. The number of hydrogen-bond donors (Lipinski definition) is 0. The third-order valence-electron chi connectivity index (χ3n) is 3.95. The average Bonchev–Trinajstić information content (AvgIpc) is 2.87. The maximum atomic E-state index is 13.3. The van der Waals surface area contributed by atoms with E-state index in [1.807, 2.05) is 24.3 Å². The molecule has 2 aromatic rings. The van der Waals surface area contributed by atoms with Crippen LogP contribution >= 0.6 is 24.0 Å². The van der Waals surface area contributed by atoms with E-state index in [-0.39, 0.29) is 11.7 Å². The summed E-state index contributed by atoms with van der Waals surface area (Å²) in [6.45, 7) is 2.17. The predicted molar refractivity (Wildman–Crippen MR) is 107 cm³/mol. The molecule has 0 radical (unpaired) electrons. The van der Waals surface area contributed by atoms with Gasteiger partial charge in [0.15, 0.2) is 4.32 Å². The zero-order valence-corrected chi connectivity index (χ0v) is 15.5. The lowest BCUT2D eigenvalue weighted by atomic mass is 10.1. The van der Waals surface area contributed by atoms with Gasteiger partial charge in [-0.1, -0.05) is 61.6 Å². The van der Waals surface area contributed by atoms with Gasteiger partial charge in [-0.15, -0.1) is 0 Å². The van der Waals surface area contributed by atoms with Crippen LogP contribution in [0.1, 0.15) is 30.9 Å². The first-order valence-corrected chi connectivity index (χ1v) is 9.43. The van der Waals surface area contributed by atoms with Crippen molar-refractivity contribution in [1.29, 1.82) is 0 Å². The Balaban J connectivity index is 1.81. The molecule has 0 saturated carbocycles. The molecule has 128 valence electrons. The van der Waals surface area contributed by atoms with E-state index in [1.165, 1.54) is 34.4 Å². The van der Waals surface area contributed by atoms with Gasteiger partial charge in [0, 0.05) is 0 Å². The first-order valence-electron chi connectivity index (χ1n) is 8.21. The Hall–Kier alpha value is -1.98. The van der Waals surface area contributed by atoms with E-state index in [9.17, 15) is 9.18 Å². The van der Waals surface area contributed by atoms with E-state index in [2.05, 4.69) is 6.92 Å². The van der Waals surface area contributed by atoms with Crippen molar-refractivity contribution in [2.24, 2.45) is 0 Å². The Bertz CT molecular complexity index is 830. The second-order valence-electron chi connectivity index (χ2n) is 5.84. The summed E-state index contributed by atoms with van der Waals surface area (Å²) in [6, 6.07) is 14.1. The Morgan fingerprint density at radius 2 is 1.96 bits per heavy atom. The monoisotopic (exact) mass is 371 g/mol. The molecule has 25 heavy (non-hydrogen) atoms. The third-order valence-corrected chi connectivity index (χ3v) is 5.26. The van der Waals surface area contributed by atoms with E-state index < -0.39 is 0 Å². The standard InChI is InChI=1S/C20H18FNOS2/c1-2-3-5-14-8-10-17(11-9-14)22-19(23)18(25-20(22)24)13-15-6-4-7-16(21)12-15/h4,6-13H,2-3,5H2,1H3/b18-13-. The molecule has 3 rings (SSSR count). The zero-order chi connectivity index (χ0) is 17.8. The van der Waals surface area contributed by atoms with Gasteiger partial charge >= 0.3 is 0 Å². The summed E-state index contributed by atoms with van der Waals surface area (Å²) in [5.74, 6) is -0.493. The van der Waals surface area contributed by atoms with Crippen LogP contribution in [0.5, 0.6) is 0 Å². The number of aryl methyl sites for hydroxylation is 1. The first kappa shape index (κ1) is 17.8. The lowest BCUT2D eigenvalue weighted by Gasteiger charge is -2.15. The maximum absolute atomic E-state index is 13.3. The van der Waals surface area contributed by atoms with Crippen molar-refractivity contribution >= 4 is 46.0 Å². The van der Waals surface area contributed by atoms with Gasteiger partial charge in [-0.25, -0.2) is 4.39 Å². The van der Waals surface area contributed by atoms with Crippen LogP contribution in [0.25, 0.3) is 6.08 Å². The molecule has 1 amide bonds. The number of carbonyl (C=O) groups is 1. The van der Waals surface area contributed by atoms with Crippen LogP contribution in [-0.2, 0) is 11.2 Å². The van der Waals surface area contributed by atoms with Gasteiger partial charge in [0.2, 0.25) is 0 Å². The zero-order valence-electron chi connectivity index (χ0n) is 13.9. The molecule has 2 aromatic carbocycles. The summed E-state index contributed by atoms with van der Waals surface area (Å²) in [7, 11) is 0. The Labute approximate surface area is 156 Å². The highest BCUT2D eigenvalue weighted by molar-refractivity contribution is 8.27. The molecule has 1 aliphatic rings. The van der Waals surface area contributed by atoms with E-state index in [1.54, 1.807) is 18.2 Å². The molecule has 1 saturated heterocycles. The molecule has 5 heteroatoms. The van der Waals surface area contributed by atoms with Gasteiger partial charge in [0.25, 0.3) is 5.91 Å². The smallest absolute Gasteiger partial charge is 0.268 e. The summed E-state index contributed by atoms with van der Waals surface area (Å²) in [5, 5.41) is 0. The number of unbranched alkanes of at least 4 members (excludes halogenated alkanes) is 1. The van der Waals surface area contributed by atoms with Crippen LogP contribution in [0.3, 0.4) is 0 Å². The molecule has 0 aromatic heterocycles. The second kappa shape index (κ2) is 7.93. The van der Waals surface area contributed by atoms with Gasteiger partial charge in [-0.05, 0) is 54.3 Å². The summed E-state index contributed by atoms with van der Waals surface area (Å²) < 4.78 is 13.8. The van der Waals surface area contributed by atoms with Gasteiger partial charge < -0.3 is 0 Å². The number of nitrogens with zero attached hydrogens (tertiary/aromatic N) is 1. The maximum Gasteiger partial charge on any atom is 0.270 e. The number of rotatable bonds is 5. The highest BCUT2D eigenvalue weighted by Gasteiger charge is 2.33. The van der Waals surface area contributed by atoms with Crippen LogP contribution in [0.15, 0.2) is 53.4 Å². The number of amides is 1. The average molecular weight is 372 g/mol. The summed E-state index contributed by atoms with van der Waals surface area (Å²) in [4.78, 5) is 14.8. The van der Waals surface area contributed by atoms with Crippen molar-refractivity contribution < 1.29 is 9.18 Å². The number of halogens is 1. The Kier molecular flexibility index (Phi) is 5.66. The Morgan fingerprint density at radius 1 is 1.20 bits per heavy atom. The number of carbonyl (C=O) groups excluding carboxylic acids is 1. The van der Waals surface area contributed by atoms with Gasteiger partial charge in [0.1, 0.15) is 5.82 Å². The van der Waals surface area contributed by atoms with Crippen LogP contribution in [-0.4, -0.2) is 10.2 Å². The Morgan fingerprint density at radius 3 is 2.64 bits per heavy atom. The number of benzene rings is 2. The summed E-state index contributed by atoms with van der Waals surface area (Å²) >= 11 is 6.62. The fourth-order valence-electron chi connectivity index (χ4n) is 2.63.